The lowest BCUT2D eigenvalue weighted by atomic mass is 10.0. The molecule has 8 heteroatoms. The van der Waals surface area contributed by atoms with Crippen LogP contribution in [0.4, 0.5) is 0 Å². The minimum atomic E-state index is -3.48. The zero-order valence-electron chi connectivity index (χ0n) is 34.8. The smallest absolute Gasteiger partial charge is 0.464 e. The molecule has 0 heterocycles. The van der Waals surface area contributed by atoms with Gasteiger partial charge in [-0.25, -0.2) is 0 Å². The van der Waals surface area contributed by atoms with Crippen LogP contribution >= 0.6 is 11.8 Å². The summed E-state index contributed by atoms with van der Waals surface area (Å²) in [6.07, 6.45) is 41.6. The highest BCUT2D eigenvalue weighted by molar-refractivity contribution is 8.03. The van der Waals surface area contributed by atoms with Crippen LogP contribution in [0.15, 0.2) is 0 Å². The molecule has 0 aromatic carbocycles. The molecule has 0 fully saturated rings. The molecule has 0 N–H and O–H groups in total. The Bertz CT molecular complexity index is 775. The maximum atomic E-state index is 13.0. The van der Waals surface area contributed by atoms with E-state index in [2.05, 4.69) is 19.2 Å². The third kappa shape index (κ3) is 36.0. The number of rotatable bonds is 42. The molecule has 0 aliphatic carbocycles. The average molecular weight is 768 g/mol. The fourth-order valence-electron chi connectivity index (χ4n) is 6.94. The van der Waals surface area contributed by atoms with Gasteiger partial charge >= 0.3 is 8.80 Å². The van der Waals surface area contributed by atoms with E-state index < -0.39 is 8.80 Å². The van der Waals surface area contributed by atoms with E-state index in [9.17, 15) is 9.59 Å². The van der Waals surface area contributed by atoms with Gasteiger partial charge in [0.1, 0.15) is 5.40 Å². The Hall–Kier alpha value is -1.04. The summed E-state index contributed by atoms with van der Waals surface area (Å²) in [6.45, 7) is 6.76. The third-order valence-corrected chi connectivity index (χ3v) is 13.6. The van der Waals surface area contributed by atoms with E-state index in [1.807, 2.05) is 6.92 Å². The number of nitrogens with zero attached hydrogens (tertiary/aromatic N) is 1. The van der Waals surface area contributed by atoms with Crippen molar-refractivity contribution >= 4 is 32.5 Å². The first-order valence-corrected chi connectivity index (χ1v) is 25.5. The summed E-state index contributed by atoms with van der Waals surface area (Å²) in [5, 5.41) is 10.9. The molecule has 0 aliphatic heterocycles. The lowest BCUT2D eigenvalue weighted by Gasteiger charge is -2.28. The van der Waals surface area contributed by atoms with Gasteiger partial charge in [0, 0.05) is 31.2 Å². The quantitative estimate of drug-likeness (QED) is 0.0347. The molecule has 0 aromatic rings. The first-order valence-electron chi connectivity index (χ1n) is 22.6. The number of nitriles is 1. The molecule has 0 radical (unpaired) electrons. The van der Waals surface area contributed by atoms with Gasteiger partial charge in [-0.15, -0.1) is 0 Å². The first kappa shape index (κ1) is 51.0. The molecule has 0 saturated carbocycles. The summed E-state index contributed by atoms with van der Waals surface area (Å²) < 4.78 is 18.1. The maximum absolute atomic E-state index is 13.0. The zero-order chi connectivity index (χ0) is 38.1. The second-order valence-corrected chi connectivity index (χ2v) is 18.7. The normalized spacial score (nSPS) is 11.5. The minimum Gasteiger partial charge on any atom is -0.464 e. The number of hydrogen-bond donors (Lipinski definition) is 0. The number of unbranched alkanes of at least 4 members (excludes halogenated alkanes) is 30. The van der Waals surface area contributed by atoms with Crippen molar-refractivity contribution in [2.75, 3.05) is 12.4 Å². The van der Waals surface area contributed by atoms with Gasteiger partial charge in [-0.2, -0.15) is 5.26 Å². The fraction of sp³-hybridized carbons (Fsp3) is 0.932. The summed E-state index contributed by atoms with van der Waals surface area (Å²) in [5.41, 5.74) is 0. The second kappa shape index (κ2) is 41.1. The SMILES string of the molecule is CCCCCCCCCCCCCCCCCC(=O)O[Si](CCCCCSC#N)(OCC)OC(=O)CCCCCCCCCCCCCCCCC. The fourth-order valence-corrected chi connectivity index (χ4v) is 9.91. The van der Waals surface area contributed by atoms with Crippen LogP contribution < -0.4 is 0 Å². The van der Waals surface area contributed by atoms with Crippen molar-refractivity contribution in [3.8, 4) is 5.40 Å². The summed E-state index contributed by atoms with van der Waals surface area (Å²) in [7, 11) is -3.48. The Balaban J connectivity index is 4.36. The Labute approximate surface area is 328 Å². The molecule has 0 spiro atoms. The van der Waals surface area contributed by atoms with Crippen LogP contribution in [0, 0.1) is 10.7 Å². The van der Waals surface area contributed by atoms with Crippen molar-refractivity contribution in [1.82, 2.24) is 0 Å². The van der Waals surface area contributed by atoms with Crippen LogP contribution in [0.25, 0.3) is 0 Å². The topological polar surface area (TPSA) is 85.6 Å². The first-order chi connectivity index (χ1) is 25.5. The van der Waals surface area contributed by atoms with Gasteiger partial charge in [0.2, 0.25) is 0 Å². The highest BCUT2D eigenvalue weighted by Crippen LogP contribution is 2.24. The standard InChI is InChI=1S/C44H85NO5SSi/c1-4-7-9-11-13-15-17-19-21-23-25-27-29-31-34-38-43(46)49-52(48-6-3,41-37-33-36-40-51-42-45)50-44(47)39-35-32-30-28-26-24-22-20-18-16-14-12-10-8-5-2/h4-41H2,1-3H3. The van der Waals surface area contributed by atoms with Crippen LogP contribution in [-0.4, -0.2) is 33.1 Å². The summed E-state index contributed by atoms with van der Waals surface area (Å²) in [5.74, 6) is 0.182. The summed E-state index contributed by atoms with van der Waals surface area (Å²) >= 11 is 1.26. The molecule has 306 valence electrons. The third-order valence-electron chi connectivity index (χ3n) is 10.2. The van der Waals surface area contributed by atoms with Crippen molar-refractivity contribution in [3.05, 3.63) is 0 Å². The summed E-state index contributed by atoms with van der Waals surface area (Å²) in [4.78, 5) is 26.1. The van der Waals surface area contributed by atoms with Crippen molar-refractivity contribution in [3.63, 3.8) is 0 Å². The lowest BCUT2D eigenvalue weighted by molar-refractivity contribution is -0.146. The molecule has 0 aromatic heterocycles. The summed E-state index contributed by atoms with van der Waals surface area (Å²) in [6, 6.07) is 0.452. The van der Waals surface area contributed by atoms with Gasteiger partial charge in [-0.1, -0.05) is 200 Å². The number of hydrogen-bond acceptors (Lipinski definition) is 7. The van der Waals surface area contributed by atoms with E-state index in [1.54, 1.807) is 0 Å². The predicted molar refractivity (Wildman–Crippen MR) is 225 cm³/mol. The molecule has 0 saturated heterocycles. The molecule has 52 heavy (non-hydrogen) atoms. The Morgan fingerprint density at radius 2 is 0.769 bits per heavy atom. The van der Waals surface area contributed by atoms with Crippen molar-refractivity contribution < 1.29 is 22.9 Å². The molecular formula is C44H85NO5SSi. The van der Waals surface area contributed by atoms with Crippen LogP contribution in [0.5, 0.6) is 0 Å². The highest BCUT2D eigenvalue weighted by Gasteiger charge is 2.48. The van der Waals surface area contributed by atoms with Gasteiger partial charge in [0.05, 0.1) is 0 Å². The van der Waals surface area contributed by atoms with Crippen LogP contribution in [0.3, 0.4) is 0 Å². The molecule has 6 nitrogen and oxygen atoms in total. The molecule has 0 atom stereocenters. The van der Waals surface area contributed by atoms with E-state index in [-0.39, 0.29) is 11.9 Å². The predicted octanol–water partition coefficient (Wildman–Crippen LogP) is 15.0. The maximum Gasteiger partial charge on any atom is 0.636 e. The van der Waals surface area contributed by atoms with Crippen molar-refractivity contribution in [2.45, 2.75) is 252 Å². The van der Waals surface area contributed by atoms with Crippen molar-refractivity contribution in [1.29, 1.82) is 5.26 Å². The van der Waals surface area contributed by atoms with Crippen LogP contribution in [0.2, 0.25) is 6.04 Å². The Morgan fingerprint density at radius 1 is 0.462 bits per heavy atom. The Kier molecular flexibility index (Phi) is 40.3. The van der Waals surface area contributed by atoms with Gasteiger partial charge < -0.3 is 13.3 Å². The lowest BCUT2D eigenvalue weighted by Crippen LogP contribution is -2.49. The number of carbonyl (C=O) groups is 2. The molecule has 0 bridgehead atoms. The van der Waals surface area contributed by atoms with Gasteiger partial charge in [-0.3, -0.25) is 9.59 Å². The van der Waals surface area contributed by atoms with E-state index in [1.165, 1.54) is 166 Å². The van der Waals surface area contributed by atoms with Crippen molar-refractivity contribution in [2.24, 2.45) is 0 Å². The second-order valence-electron chi connectivity index (χ2n) is 15.2. The molecule has 0 aliphatic rings. The molecule has 0 rings (SSSR count). The van der Waals surface area contributed by atoms with Gasteiger partial charge in [-0.05, 0) is 44.4 Å². The minimum absolute atomic E-state index is 0.297. The van der Waals surface area contributed by atoms with E-state index >= 15 is 0 Å². The molecule has 0 unspecified atom stereocenters. The number of carbonyl (C=O) groups excluding carboxylic acids is 2. The average Bonchev–Trinajstić information content (AvgIpc) is 3.13. The number of thiocyanates is 1. The van der Waals surface area contributed by atoms with E-state index in [0.717, 1.165) is 63.5 Å². The largest absolute Gasteiger partial charge is 0.636 e. The van der Waals surface area contributed by atoms with E-state index in [4.69, 9.17) is 18.5 Å². The molecular weight excluding hydrogens is 683 g/mol. The van der Waals surface area contributed by atoms with Crippen LogP contribution in [0.1, 0.15) is 245 Å². The monoisotopic (exact) mass is 768 g/mol. The van der Waals surface area contributed by atoms with Crippen LogP contribution in [-0.2, 0) is 22.9 Å². The number of thioether (sulfide) groups is 1. The Morgan fingerprint density at radius 3 is 1.08 bits per heavy atom. The van der Waals surface area contributed by atoms with Gasteiger partial charge in [0.15, 0.2) is 0 Å². The zero-order valence-corrected chi connectivity index (χ0v) is 36.6. The highest BCUT2D eigenvalue weighted by atomic mass is 32.2. The van der Waals surface area contributed by atoms with Gasteiger partial charge in [0.25, 0.3) is 11.9 Å². The van der Waals surface area contributed by atoms with E-state index in [0.29, 0.717) is 25.5 Å². The molecule has 0 amide bonds.